The second-order valence-electron chi connectivity index (χ2n) is 7.17. The van der Waals surface area contributed by atoms with Crippen LogP contribution in [0, 0.1) is 17.3 Å². The number of aliphatic carboxylic acids is 2. The molecule has 0 bridgehead atoms. The number of hydrogen-bond donors (Lipinski definition) is 2. The number of hydrogen-bond acceptors (Lipinski definition) is 3. The quantitative estimate of drug-likeness (QED) is 0.741. The molecule has 1 saturated carbocycles. The van der Waals surface area contributed by atoms with Gasteiger partial charge in [0, 0.05) is 19.3 Å². The standard InChI is InChI=1S/C19H28O5/c1-13-10-15(17(20)21)12-19(11-13,18(22)23)16(8-9-24-2)14-6-4-3-5-7-14/h10-11,14,16H,3-9,12H2,1-2H3,(H,20,21)(H,22,23). The van der Waals surface area contributed by atoms with Crippen molar-refractivity contribution in [2.24, 2.45) is 17.3 Å². The summed E-state index contributed by atoms with van der Waals surface area (Å²) >= 11 is 0. The van der Waals surface area contributed by atoms with E-state index in [0.717, 1.165) is 31.3 Å². The Morgan fingerprint density at radius 3 is 2.50 bits per heavy atom. The van der Waals surface area contributed by atoms with E-state index >= 15 is 0 Å². The van der Waals surface area contributed by atoms with Gasteiger partial charge in [0.15, 0.2) is 0 Å². The molecule has 0 aromatic rings. The van der Waals surface area contributed by atoms with E-state index in [1.54, 1.807) is 26.2 Å². The number of carboxylic acid groups (broad SMARTS) is 2. The van der Waals surface area contributed by atoms with Crippen molar-refractivity contribution in [3.8, 4) is 0 Å². The number of rotatable bonds is 7. The van der Waals surface area contributed by atoms with E-state index in [1.165, 1.54) is 6.42 Å². The Balaban J connectivity index is 2.42. The molecule has 0 aromatic carbocycles. The van der Waals surface area contributed by atoms with Crippen molar-refractivity contribution in [3.05, 3.63) is 23.3 Å². The third-order valence-electron chi connectivity index (χ3n) is 5.56. The zero-order valence-corrected chi connectivity index (χ0v) is 14.6. The largest absolute Gasteiger partial charge is 0.481 e. The van der Waals surface area contributed by atoms with Gasteiger partial charge in [-0.2, -0.15) is 0 Å². The molecule has 5 heteroatoms. The highest BCUT2D eigenvalue weighted by atomic mass is 16.5. The molecular weight excluding hydrogens is 308 g/mol. The van der Waals surface area contributed by atoms with E-state index in [9.17, 15) is 19.8 Å². The first-order valence-corrected chi connectivity index (χ1v) is 8.76. The lowest BCUT2D eigenvalue weighted by Gasteiger charge is -2.43. The van der Waals surface area contributed by atoms with Crippen molar-refractivity contribution >= 4 is 11.9 Å². The molecule has 2 aliphatic rings. The van der Waals surface area contributed by atoms with Crippen LogP contribution in [0.5, 0.6) is 0 Å². The van der Waals surface area contributed by atoms with E-state index in [4.69, 9.17) is 4.74 Å². The molecule has 24 heavy (non-hydrogen) atoms. The molecule has 0 spiro atoms. The van der Waals surface area contributed by atoms with Crippen molar-refractivity contribution in [2.75, 3.05) is 13.7 Å². The van der Waals surface area contributed by atoms with Gasteiger partial charge in [0.1, 0.15) is 0 Å². The fourth-order valence-corrected chi connectivity index (χ4v) is 4.51. The van der Waals surface area contributed by atoms with E-state index in [0.29, 0.717) is 18.9 Å². The molecule has 0 radical (unpaired) electrons. The van der Waals surface area contributed by atoms with Gasteiger partial charge in [0.25, 0.3) is 0 Å². The molecule has 2 atom stereocenters. The van der Waals surface area contributed by atoms with Crippen molar-refractivity contribution in [2.45, 2.75) is 51.9 Å². The van der Waals surface area contributed by atoms with Crippen LogP contribution in [0.4, 0.5) is 0 Å². The van der Waals surface area contributed by atoms with Gasteiger partial charge in [-0.3, -0.25) is 4.79 Å². The topological polar surface area (TPSA) is 83.8 Å². The molecule has 1 fully saturated rings. The maximum Gasteiger partial charge on any atom is 0.331 e. The third kappa shape index (κ3) is 3.89. The smallest absolute Gasteiger partial charge is 0.331 e. The molecule has 0 amide bonds. The summed E-state index contributed by atoms with van der Waals surface area (Å²) in [4.78, 5) is 23.8. The lowest BCUT2D eigenvalue weighted by atomic mass is 9.60. The van der Waals surface area contributed by atoms with Gasteiger partial charge in [0.05, 0.1) is 5.41 Å². The SMILES string of the molecule is COCCC(C1CCCCC1)C1(C(=O)O)C=C(C)C=C(C(=O)O)C1. The Morgan fingerprint density at radius 2 is 1.96 bits per heavy atom. The first-order valence-electron chi connectivity index (χ1n) is 8.76. The lowest BCUT2D eigenvalue weighted by Crippen LogP contribution is -2.44. The maximum atomic E-state index is 12.3. The van der Waals surface area contributed by atoms with Gasteiger partial charge in [-0.25, -0.2) is 4.79 Å². The number of allylic oxidation sites excluding steroid dienone is 2. The number of carboxylic acids is 2. The van der Waals surface area contributed by atoms with Crippen molar-refractivity contribution in [1.29, 1.82) is 0 Å². The number of ether oxygens (including phenoxy) is 1. The molecule has 0 heterocycles. The normalized spacial score (nSPS) is 26.4. The van der Waals surface area contributed by atoms with Crippen LogP contribution in [-0.4, -0.2) is 35.9 Å². The second-order valence-corrected chi connectivity index (χ2v) is 7.17. The monoisotopic (exact) mass is 336 g/mol. The first-order chi connectivity index (χ1) is 11.4. The third-order valence-corrected chi connectivity index (χ3v) is 5.56. The highest BCUT2D eigenvalue weighted by Gasteiger charge is 2.49. The van der Waals surface area contributed by atoms with Gasteiger partial charge in [0.2, 0.25) is 0 Å². The molecule has 2 aliphatic carbocycles. The van der Waals surface area contributed by atoms with Crippen LogP contribution in [0.2, 0.25) is 0 Å². The first kappa shape index (κ1) is 18.7. The predicted octanol–water partition coefficient (Wildman–Crippen LogP) is 3.65. The highest BCUT2D eigenvalue weighted by Crippen LogP contribution is 2.49. The Kier molecular flexibility index (Phi) is 6.21. The molecule has 2 rings (SSSR count). The van der Waals surface area contributed by atoms with Crippen molar-refractivity contribution in [1.82, 2.24) is 0 Å². The Bertz CT molecular complexity index is 542. The Labute approximate surface area is 143 Å². The molecule has 2 unspecified atom stereocenters. The van der Waals surface area contributed by atoms with E-state index in [2.05, 4.69) is 0 Å². The van der Waals surface area contributed by atoms with Gasteiger partial charge in [-0.15, -0.1) is 0 Å². The minimum Gasteiger partial charge on any atom is -0.481 e. The second kappa shape index (κ2) is 7.97. The Morgan fingerprint density at radius 1 is 1.29 bits per heavy atom. The molecule has 5 nitrogen and oxygen atoms in total. The zero-order valence-electron chi connectivity index (χ0n) is 14.6. The fraction of sp³-hybridized carbons (Fsp3) is 0.684. The molecule has 0 saturated heterocycles. The average Bonchev–Trinajstić information content (AvgIpc) is 2.55. The number of methoxy groups -OCH3 is 1. The minimum absolute atomic E-state index is 0.0554. The molecular formula is C19H28O5. The summed E-state index contributed by atoms with van der Waals surface area (Å²) in [6.07, 6.45) is 9.55. The van der Waals surface area contributed by atoms with Crippen LogP contribution in [0.15, 0.2) is 23.3 Å². The van der Waals surface area contributed by atoms with Crippen molar-refractivity contribution in [3.63, 3.8) is 0 Å². The van der Waals surface area contributed by atoms with Gasteiger partial charge in [-0.05, 0) is 37.7 Å². The van der Waals surface area contributed by atoms with Gasteiger partial charge >= 0.3 is 11.9 Å². The summed E-state index contributed by atoms with van der Waals surface area (Å²) in [7, 11) is 1.62. The summed E-state index contributed by atoms with van der Waals surface area (Å²) in [5, 5.41) is 19.5. The Hall–Kier alpha value is -1.62. The predicted molar refractivity (Wildman–Crippen MR) is 90.7 cm³/mol. The van der Waals surface area contributed by atoms with Crippen LogP contribution in [0.3, 0.4) is 0 Å². The molecule has 2 N–H and O–H groups in total. The van der Waals surface area contributed by atoms with Crippen LogP contribution in [-0.2, 0) is 14.3 Å². The molecule has 0 aliphatic heterocycles. The lowest BCUT2D eigenvalue weighted by molar-refractivity contribution is -0.151. The highest BCUT2D eigenvalue weighted by molar-refractivity contribution is 5.90. The van der Waals surface area contributed by atoms with Gasteiger partial charge < -0.3 is 14.9 Å². The average molecular weight is 336 g/mol. The van der Waals surface area contributed by atoms with Crippen LogP contribution in [0.1, 0.15) is 51.9 Å². The summed E-state index contributed by atoms with van der Waals surface area (Å²) in [6, 6.07) is 0. The van der Waals surface area contributed by atoms with Crippen LogP contribution in [0.25, 0.3) is 0 Å². The maximum absolute atomic E-state index is 12.3. The summed E-state index contributed by atoms with van der Waals surface area (Å²) in [6.45, 7) is 2.28. The summed E-state index contributed by atoms with van der Waals surface area (Å²) < 4.78 is 5.24. The van der Waals surface area contributed by atoms with E-state index < -0.39 is 17.4 Å². The number of carbonyl (C=O) groups is 2. The van der Waals surface area contributed by atoms with Crippen molar-refractivity contribution < 1.29 is 24.5 Å². The molecule has 134 valence electrons. The zero-order chi connectivity index (χ0) is 17.7. The van der Waals surface area contributed by atoms with Crippen LogP contribution >= 0.6 is 0 Å². The molecule has 0 aromatic heterocycles. The van der Waals surface area contributed by atoms with E-state index in [-0.39, 0.29) is 17.9 Å². The minimum atomic E-state index is -1.15. The summed E-state index contributed by atoms with van der Waals surface area (Å²) in [5.41, 5.74) is -0.234. The summed E-state index contributed by atoms with van der Waals surface area (Å²) in [5.74, 6) is -1.74. The van der Waals surface area contributed by atoms with E-state index in [1.807, 2.05) is 0 Å². The van der Waals surface area contributed by atoms with Crippen LogP contribution < -0.4 is 0 Å². The van der Waals surface area contributed by atoms with Gasteiger partial charge in [-0.1, -0.05) is 43.8 Å². The fourth-order valence-electron chi connectivity index (χ4n) is 4.51.